The van der Waals surface area contributed by atoms with Gasteiger partial charge in [-0.15, -0.1) is 0 Å². The molecule has 0 aliphatic rings. The number of hydrogen-bond donors (Lipinski definition) is 1. The highest BCUT2D eigenvalue weighted by Crippen LogP contribution is 2.35. The van der Waals surface area contributed by atoms with Gasteiger partial charge in [-0.3, -0.25) is 4.79 Å². The van der Waals surface area contributed by atoms with Crippen molar-refractivity contribution in [2.24, 2.45) is 0 Å². The molecule has 2 aromatic carbocycles. The third-order valence-electron chi connectivity index (χ3n) is 4.67. The van der Waals surface area contributed by atoms with E-state index >= 15 is 0 Å². The number of carbonyl (C=O) groups is 1. The van der Waals surface area contributed by atoms with Gasteiger partial charge in [-0.1, -0.05) is 40.9 Å². The Morgan fingerprint density at radius 2 is 1.75 bits per heavy atom. The number of nitrogens with zero attached hydrogens (tertiary/aromatic N) is 2. The lowest BCUT2D eigenvalue weighted by Gasteiger charge is -2.06. The van der Waals surface area contributed by atoms with Gasteiger partial charge in [0.05, 0.1) is 20.6 Å². The average molecular weight is 485 g/mol. The molecule has 0 radical (unpaired) electrons. The molecule has 0 fully saturated rings. The zero-order valence-electron chi connectivity index (χ0n) is 16.1. The fourth-order valence-corrected chi connectivity index (χ4v) is 3.73. The van der Waals surface area contributed by atoms with E-state index in [1.807, 2.05) is 0 Å². The van der Waals surface area contributed by atoms with Gasteiger partial charge < -0.3 is 14.2 Å². The van der Waals surface area contributed by atoms with Crippen molar-refractivity contribution >= 4 is 57.6 Å². The maximum atomic E-state index is 12.7. The van der Waals surface area contributed by atoms with Crippen LogP contribution in [0.3, 0.4) is 0 Å². The molecule has 0 atom stereocenters. The largest absolute Gasteiger partial charge is 0.451 e. The Bertz CT molecular complexity index is 1440. The van der Waals surface area contributed by atoms with Crippen molar-refractivity contribution < 1.29 is 13.6 Å². The summed E-state index contributed by atoms with van der Waals surface area (Å²) >= 11 is 18.6. The fourth-order valence-electron chi connectivity index (χ4n) is 3.14. The predicted molar refractivity (Wildman–Crippen MR) is 124 cm³/mol. The second kappa shape index (κ2) is 8.31. The van der Waals surface area contributed by atoms with Crippen LogP contribution in [0.5, 0.6) is 0 Å². The van der Waals surface area contributed by atoms with Crippen molar-refractivity contribution in [3.05, 3.63) is 87.7 Å². The lowest BCUT2D eigenvalue weighted by Crippen LogP contribution is -2.10. The van der Waals surface area contributed by atoms with E-state index in [1.165, 1.54) is 0 Å². The number of furan rings is 1. The molecule has 5 rings (SSSR count). The molecule has 0 spiro atoms. The van der Waals surface area contributed by atoms with Gasteiger partial charge in [0.1, 0.15) is 5.76 Å². The van der Waals surface area contributed by atoms with Crippen LogP contribution in [0, 0.1) is 0 Å². The molecule has 0 bridgehead atoms. The SMILES string of the molecule is O=C(Nc1ccc(Cl)c(-c2nc3ncccc3o2)c1)c1ccc(-c2cccc(Cl)c2Cl)o1. The van der Waals surface area contributed by atoms with Crippen molar-refractivity contribution in [2.75, 3.05) is 5.32 Å². The number of halogens is 3. The van der Waals surface area contributed by atoms with Gasteiger partial charge in [0.25, 0.3) is 5.91 Å². The van der Waals surface area contributed by atoms with E-state index in [4.69, 9.17) is 43.6 Å². The summed E-state index contributed by atoms with van der Waals surface area (Å²) in [7, 11) is 0. The fraction of sp³-hybridized carbons (Fsp3) is 0. The summed E-state index contributed by atoms with van der Waals surface area (Å²) in [5.41, 5.74) is 2.61. The van der Waals surface area contributed by atoms with Crippen LogP contribution in [0.4, 0.5) is 5.69 Å². The minimum atomic E-state index is -0.443. The van der Waals surface area contributed by atoms with Gasteiger partial charge in [0.2, 0.25) is 5.89 Å². The summed E-state index contributed by atoms with van der Waals surface area (Å²) in [6, 6.07) is 16.9. The van der Waals surface area contributed by atoms with Crippen LogP contribution in [0.25, 0.3) is 34.0 Å². The van der Waals surface area contributed by atoms with Crippen LogP contribution in [0.1, 0.15) is 10.6 Å². The molecule has 3 aromatic heterocycles. The third-order valence-corrected chi connectivity index (χ3v) is 5.81. The summed E-state index contributed by atoms with van der Waals surface area (Å²) in [6.07, 6.45) is 1.63. The number of aromatic nitrogens is 2. The molecule has 6 nitrogen and oxygen atoms in total. The van der Waals surface area contributed by atoms with E-state index < -0.39 is 5.91 Å². The Kier molecular flexibility index (Phi) is 5.35. The van der Waals surface area contributed by atoms with Crippen LogP contribution in [0.15, 0.2) is 75.7 Å². The molecule has 3 heterocycles. The zero-order valence-corrected chi connectivity index (χ0v) is 18.4. The van der Waals surface area contributed by atoms with Gasteiger partial charge >= 0.3 is 0 Å². The van der Waals surface area contributed by atoms with Crippen molar-refractivity contribution in [3.63, 3.8) is 0 Å². The summed E-state index contributed by atoms with van der Waals surface area (Å²) < 4.78 is 11.4. The molecule has 0 saturated carbocycles. The number of anilines is 1. The Balaban J connectivity index is 1.41. The maximum absolute atomic E-state index is 12.7. The summed E-state index contributed by atoms with van der Waals surface area (Å²) in [5.74, 6) is 0.398. The molecule has 0 saturated heterocycles. The number of nitrogens with one attached hydrogen (secondary N) is 1. The van der Waals surface area contributed by atoms with E-state index in [1.54, 1.807) is 66.9 Å². The number of amides is 1. The molecule has 1 amide bonds. The molecule has 0 aliphatic carbocycles. The second-order valence-corrected chi connectivity index (χ2v) is 7.95. The highest BCUT2D eigenvalue weighted by atomic mass is 35.5. The minimum Gasteiger partial charge on any atom is -0.451 e. The van der Waals surface area contributed by atoms with E-state index in [0.29, 0.717) is 54.8 Å². The molecule has 0 aliphatic heterocycles. The molecule has 1 N–H and O–H groups in total. The first-order valence-electron chi connectivity index (χ1n) is 9.36. The smallest absolute Gasteiger partial charge is 0.291 e. The Labute approximate surface area is 196 Å². The van der Waals surface area contributed by atoms with E-state index in [0.717, 1.165) is 0 Å². The molecular weight excluding hydrogens is 473 g/mol. The monoisotopic (exact) mass is 483 g/mol. The number of carbonyl (C=O) groups excluding carboxylic acids is 1. The van der Waals surface area contributed by atoms with E-state index in [-0.39, 0.29) is 5.76 Å². The zero-order chi connectivity index (χ0) is 22.2. The van der Waals surface area contributed by atoms with E-state index in [9.17, 15) is 4.79 Å². The first-order chi connectivity index (χ1) is 15.5. The van der Waals surface area contributed by atoms with Crippen LogP contribution in [-0.4, -0.2) is 15.9 Å². The minimum absolute atomic E-state index is 0.110. The Morgan fingerprint density at radius 3 is 2.59 bits per heavy atom. The Hall–Kier alpha value is -3.32. The average Bonchev–Trinajstić information content (AvgIpc) is 3.44. The molecule has 32 heavy (non-hydrogen) atoms. The quantitative estimate of drug-likeness (QED) is 0.288. The predicted octanol–water partition coefficient (Wildman–Crippen LogP) is 7.36. The lowest BCUT2D eigenvalue weighted by molar-refractivity contribution is 0.0997. The van der Waals surface area contributed by atoms with Crippen molar-refractivity contribution in [1.82, 2.24) is 9.97 Å². The number of hydrogen-bond acceptors (Lipinski definition) is 5. The second-order valence-electron chi connectivity index (χ2n) is 6.76. The van der Waals surface area contributed by atoms with Gasteiger partial charge in [0.15, 0.2) is 17.0 Å². The van der Waals surface area contributed by atoms with Crippen LogP contribution >= 0.6 is 34.8 Å². The topological polar surface area (TPSA) is 81.2 Å². The normalized spacial score (nSPS) is 11.1. The van der Waals surface area contributed by atoms with Crippen molar-refractivity contribution in [2.45, 2.75) is 0 Å². The molecule has 5 aromatic rings. The Morgan fingerprint density at radius 1 is 0.875 bits per heavy atom. The number of pyridine rings is 1. The molecule has 158 valence electrons. The number of rotatable bonds is 4. The highest BCUT2D eigenvalue weighted by molar-refractivity contribution is 6.43. The third kappa shape index (κ3) is 3.84. The summed E-state index contributed by atoms with van der Waals surface area (Å²) in [5, 5.41) is 3.96. The molecular formula is C23H12Cl3N3O3. The van der Waals surface area contributed by atoms with Crippen LogP contribution in [0.2, 0.25) is 15.1 Å². The standard InChI is InChI=1S/C23H12Cl3N3O3/c24-15-7-6-12(11-14(15)23-29-21-18(32-23)5-2-10-27-21)28-22(30)19-9-8-17(31-19)13-3-1-4-16(25)20(13)26/h1-11H,(H,28,30). The van der Waals surface area contributed by atoms with Crippen molar-refractivity contribution in [1.29, 1.82) is 0 Å². The van der Waals surface area contributed by atoms with Crippen LogP contribution < -0.4 is 5.32 Å². The van der Waals surface area contributed by atoms with Crippen LogP contribution in [-0.2, 0) is 0 Å². The number of oxazole rings is 1. The highest BCUT2D eigenvalue weighted by Gasteiger charge is 2.17. The first kappa shape index (κ1) is 20.6. The van der Waals surface area contributed by atoms with Gasteiger partial charge in [-0.05, 0) is 54.6 Å². The van der Waals surface area contributed by atoms with Gasteiger partial charge in [-0.25, -0.2) is 4.98 Å². The van der Waals surface area contributed by atoms with Crippen molar-refractivity contribution in [3.8, 4) is 22.8 Å². The maximum Gasteiger partial charge on any atom is 0.291 e. The van der Waals surface area contributed by atoms with Gasteiger partial charge in [0, 0.05) is 17.4 Å². The van der Waals surface area contributed by atoms with E-state index in [2.05, 4.69) is 15.3 Å². The lowest BCUT2D eigenvalue weighted by atomic mass is 10.2. The molecule has 0 unspecified atom stereocenters. The van der Waals surface area contributed by atoms with Gasteiger partial charge in [-0.2, -0.15) is 4.98 Å². The summed E-state index contributed by atoms with van der Waals surface area (Å²) in [6.45, 7) is 0. The summed E-state index contributed by atoms with van der Waals surface area (Å²) in [4.78, 5) is 21.3. The first-order valence-corrected chi connectivity index (χ1v) is 10.5. The number of fused-ring (bicyclic) bond motifs is 1. The molecule has 9 heteroatoms. The number of benzene rings is 2.